The lowest BCUT2D eigenvalue weighted by Crippen LogP contribution is -2.22. The molecule has 0 aromatic heterocycles. The summed E-state index contributed by atoms with van der Waals surface area (Å²) in [5, 5.41) is 3.46. The Morgan fingerprint density at radius 1 is 1.53 bits per heavy atom. The van der Waals surface area contributed by atoms with E-state index in [1.807, 2.05) is 23.9 Å². The van der Waals surface area contributed by atoms with Crippen LogP contribution in [0, 0.1) is 18.3 Å². The number of halogens is 1. The third kappa shape index (κ3) is 6.38. The van der Waals surface area contributed by atoms with Gasteiger partial charge in [0.05, 0.1) is 0 Å². The molecule has 0 spiro atoms. The molecule has 0 amide bonds. The molecule has 1 unspecified atom stereocenters. The second kappa shape index (κ2) is 9.30. The molecular weight excluding hydrogens is 322 g/mol. The van der Waals surface area contributed by atoms with Gasteiger partial charge < -0.3 is 10.1 Å². The van der Waals surface area contributed by atoms with Gasteiger partial charge in [-0.3, -0.25) is 0 Å². The molecule has 0 saturated heterocycles. The summed E-state index contributed by atoms with van der Waals surface area (Å²) in [7, 11) is 0. The molecule has 0 saturated carbocycles. The van der Waals surface area contributed by atoms with Crippen molar-refractivity contribution in [1.82, 2.24) is 5.32 Å². The van der Waals surface area contributed by atoms with E-state index in [1.54, 1.807) is 0 Å². The lowest BCUT2D eigenvalue weighted by molar-refractivity contribution is 0.364. The van der Waals surface area contributed by atoms with Crippen molar-refractivity contribution in [2.24, 2.45) is 5.92 Å². The van der Waals surface area contributed by atoms with Gasteiger partial charge in [0.15, 0.2) is 0 Å². The number of terminal acetylenes is 1. The maximum atomic E-state index is 5.55. The van der Waals surface area contributed by atoms with E-state index in [-0.39, 0.29) is 0 Å². The molecule has 1 aromatic rings. The first-order chi connectivity index (χ1) is 9.17. The first kappa shape index (κ1) is 16.4. The maximum Gasteiger partial charge on any atom is 0.148 e. The molecule has 104 valence electrons. The molecule has 0 radical (unpaired) electrons. The molecule has 2 nitrogen and oxygen atoms in total. The molecular formula is C15H20BrNOS. The van der Waals surface area contributed by atoms with Crippen molar-refractivity contribution < 1.29 is 4.74 Å². The Kier molecular flexibility index (Phi) is 8.04. The van der Waals surface area contributed by atoms with Gasteiger partial charge >= 0.3 is 0 Å². The topological polar surface area (TPSA) is 21.3 Å². The van der Waals surface area contributed by atoms with Crippen LogP contribution in [0.15, 0.2) is 22.7 Å². The zero-order chi connectivity index (χ0) is 14.1. The SMILES string of the molecule is C#CCOc1ccc(Br)cc1CNCC(C)CSC. The third-order valence-electron chi connectivity index (χ3n) is 2.59. The van der Waals surface area contributed by atoms with Crippen molar-refractivity contribution in [3.05, 3.63) is 28.2 Å². The molecule has 4 heteroatoms. The van der Waals surface area contributed by atoms with E-state index in [1.165, 1.54) is 5.75 Å². The maximum absolute atomic E-state index is 5.55. The minimum Gasteiger partial charge on any atom is -0.481 e. The van der Waals surface area contributed by atoms with Crippen molar-refractivity contribution in [3.63, 3.8) is 0 Å². The van der Waals surface area contributed by atoms with Gasteiger partial charge in [-0.05, 0) is 42.7 Å². The Balaban J connectivity index is 2.55. The summed E-state index contributed by atoms with van der Waals surface area (Å²) < 4.78 is 6.60. The van der Waals surface area contributed by atoms with E-state index >= 15 is 0 Å². The van der Waals surface area contributed by atoms with Crippen LogP contribution in [0.2, 0.25) is 0 Å². The standard InChI is InChI=1S/C15H20BrNOS/c1-4-7-18-15-6-5-14(16)8-13(15)10-17-9-12(2)11-19-3/h1,5-6,8,12,17H,7,9-11H2,2-3H3. The van der Waals surface area contributed by atoms with Gasteiger partial charge in [0, 0.05) is 16.6 Å². The first-order valence-corrected chi connectivity index (χ1v) is 8.40. The average Bonchev–Trinajstić information content (AvgIpc) is 2.38. The Bertz CT molecular complexity index is 431. The molecule has 1 N–H and O–H groups in total. The van der Waals surface area contributed by atoms with E-state index in [0.717, 1.165) is 28.9 Å². The molecule has 0 aliphatic rings. The zero-order valence-electron chi connectivity index (χ0n) is 11.4. The molecule has 1 aromatic carbocycles. The van der Waals surface area contributed by atoms with Crippen molar-refractivity contribution >= 4 is 27.7 Å². The van der Waals surface area contributed by atoms with Crippen LogP contribution in [0.25, 0.3) is 0 Å². The third-order valence-corrected chi connectivity index (χ3v) is 3.99. The van der Waals surface area contributed by atoms with Crippen LogP contribution < -0.4 is 10.1 Å². The summed E-state index contributed by atoms with van der Waals surface area (Å²) in [6.45, 7) is 4.34. The van der Waals surface area contributed by atoms with Crippen molar-refractivity contribution in [2.75, 3.05) is 25.2 Å². The highest BCUT2D eigenvalue weighted by Crippen LogP contribution is 2.23. The Morgan fingerprint density at radius 3 is 3.00 bits per heavy atom. The van der Waals surface area contributed by atoms with Crippen LogP contribution in [0.1, 0.15) is 12.5 Å². The quantitative estimate of drug-likeness (QED) is 0.730. The Labute approximate surface area is 128 Å². The first-order valence-electron chi connectivity index (χ1n) is 6.21. The van der Waals surface area contributed by atoms with E-state index < -0.39 is 0 Å². The highest BCUT2D eigenvalue weighted by molar-refractivity contribution is 9.10. The second-order valence-electron chi connectivity index (χ2n) is 4.44. The van der Waals surface area contributed by atoms with E-state index in [2.05, 4.69) is 46.4 Å². The molecule has 19 heavy (non-hydrogen) atoms. The number of benzene rings is 1. The van der Waals surface area contributed by atoms with Crippen LogP contribution >= 0.6 is 27.7 Å². The lowest BCUT2D eigenvalue weighted by atomic mass is 10.2. The Hall–Kier alpha value is -0.630. The summed E-state index contributed by atoms with van der Waals surface area (Å²) in [6, 6.07) is 5.98. The van der Waals surface area contributed by atoms with Gasteiger partial charge in [0.25, 0.3) is 0 Å². The number of nitrogens with one attached hydrogen (secondary N) is 1. The van der Waals surface area contributed by atoms with Crippen LogP contribution in [0.5, 0.6) is 5.75 Å². The van der Waals surface area contributed by atoms with Gasteiger partial charge in [0.2, 0.25) is 0 Å². The minimum absolute atomic E-state index is 0.303. The molecule has 1 rings (SSSR count). The van der Waals surface area contributed by atoms with Crippen molar-refractivity contribution in [1.29, 1.82) is 0 Å². The van der Waals surface area contributed by atoms with Gasteiger partial charge in [-0.1, -0.05) is 28.8 Å². The minimum atomic E-state index is 0.303. The fourth-order valence-electron chi connectivity index (χ4n) is 1.74. The summed E-state index contributed by atoms with van der Waals surface area (Å²) in [5.74, 6) is 5.18. The molecule has 0 aliphatic heterocycles. The van der Waals surface area contributed by atoms with E-state index in [0.29, 0.717) is 12.5 Å². The van der Waals surface area contributed by atoms with Gasteiger partial charge in [-0.15, -0.1) is 6.42 Å². The predicted octanol–water partition coefficient (Wildman–Crippen LogP) is 3.55. The summed E-state index contributed by atoms with van der Waals surface area (Å²) in [6.07, 6.45) is 7.36. The van der Waals surface area contributed by atoms with Crippen molar-refractivity contribution in [3.8, 4) is 18.1 Å². The lowest BCUT2D eigenvalue weighted by Gasteiger charge is -2.14. The van der Waals surface area contributed by atoms with Crippen LogP contribution in [-0.2, 0) is 6.54 Å². The van der Waals surface area contributed by atoms with Crippen molar-refractivity contribution in [2.45, 2.75) is 13.5 Å². The van der Waals surface area contributed by atoms with Crippen LogP contribution in [0.4, 0.5) is 0 Å². The number of hydrogen-bond acceptors (Lipinski definition) is 3. The molecule has 1 atom stereocenters. The number of thioether (sulfide) groups is 1. The van der Waals surface area contributed by atoms with Gasteiger partial charge in [-0.25, -0.2) is 0 Å². The summed E-state index contributed by atoms with van der Waals surface area (Å²) in [4.78, 5) is 0. The van der Waals surface area contributed by atoms with E-state index in [9.17, 15) is 0 Å². The monoisotopic (exact) mass is 341 g/mol. The normalized spacial score (nSPS) is 11.9. The second-order valence-corrected chi connectivity index (χ2v) is 6.26. The Morgan fingerprint density at radius 2 is 2.32 bits per heavy atom. The summed E-state index contributed by atoms with van der Waals surface area (Å²) in [5.41, 5.74) is 1.13. The summed E-state index contributed by atoms with van der Waals surface area (Å²) >= 11 is 5.36. The fraction of sp³-hybridized carbons (Fsp3) is 0.467. The van der Waals surface area contributed by atoms with Crippen LogP contribution in [-0.4, -0.2) is 25.2 Å². The predicted molar refractivity (Wildman–Crippen MR) is 87.7 cm³/mol. The van der Waals surface area contributed by atoms with E-state index in [4.69, 9.17) is 11.2 Å². The fourth-order valence-corrected chi connectivity index (χ4v) is 2.84. The molecule has 0 fully saturated rings. The zero-order valence-corrected chi connectivity index (χ0v) is 13.8. The number of ether oxygens (including phenoxy) is 1. The van der Waals surface area contributed by atoms with Crippen LogP contribution in [0.3, 0.4) is 0 Å². The number of rotatable bonds is 8. The average molecular weight is 342 g/mol. The van der Waals surface area contributed by atoms with Gasteiger partial charge in [0.1, 0.15) is 12.4 Å². The smallest absolute Gasteiger partial charge is 0.148 e. The highest BCUT2D eigenvalue weighted by atomic mass is 79.9. The largest absolute Gasteiger partial charge is 0.481 e. The molecule has 0 heterocycles. The molecule has 0 bridgehead atoms. The number of hydrogen-bond donors (Lipinski definition) is 1. The molecule has 0 aliphatic carbocycles. The highest BCUT2D eigenvalue weighted by Gasteiger charge is 2.06. The van der Waals surface area contributed by atoms with Gasteiger partial charge in [-0.2, -0.15) is 11.8 Å².